The van der Waals surface area contributed by atoms with Crippen molar-refractivity contribution in [1.82, 2.24) is 4.98 Å². The van der Waals surface area contributed by atoms with Crippen molar-refractivity contribution >= 4 is 16.8 Å². The lowest BCUT2D eigenvalue weighted by Gasteiger charge is -2.04. The van der Waals surface area contributed by atoms with E-state index in [1.165, 1.54) is 25.7 Å². The van der Waals surface area contributed by atoms with E-state index in [1.807, 2.05) is 18.2 Å². The van der Waals surface area contributed by atoms with Crippen molar-refractivity contribution in [3.05, 3.63) is 24.1 Å². The van der Waals surface area contributed by atoms with E-state index >= 15 is 0 Å². The van der Waals surface area contributed by atoms with Gasteiger partial charge in [0.25, 0.3) is 0 Å². The summed E-state index contributed by atoms with van der Waals surface area (Å²) in [6.45, 7) is 0. The van der Waals surface area contributed by atoms with Gasteiger partial charge < -0.3 is 10.2 Å². The number of aromatic nitrogens is 1. The van der Waals surface area contributed by atoms with Crippen LogP contribution in [0.5, 0.6) is 0 Å². The average molecular weight is 228 g/mol. The molecule has 0 radical (unpaired) electrons. The lowest BCUT2D eigenvalue weighted by atomic mass is 10.0. The second kappa shape index (κ2) is 3.25. The van der Waals surface area contributed by atoms with E-state index in [4.69, 9.17) is 10.2 Å². The van der Waals surface area contributed by atoms with E-state index < -0.39 is 0 Å². The minimum atomic E-state index is 0.573. The number of nitrogen functional groups attached to an aromatic ring is 1. The van der Waals surface area contributed by atoms with Crippen LogP contribution in [-0.4, -0.2) is 4.98 Å². The van der Waals surface area contributed by atoms with Gasteiger partial charge in [-0.15, -0.1) is 0 Å². The summed E-state index contributed by atoms with van der Waals surface area (Å²) in [5.41, 5.74) is 8.31. The zero-order valence-corrected chi connectivity index (χ0v) is 9.73. The van der Waals surface area contributed by atoms with Gasteiger partial charge in [-0.05, 0) is 36.8 Å². The van der Waals surface area contributed by atoms with Crippen LogP contribution in [0.3, 0.4) is 0 Å². The highest BCUT2D eigenvalue weighted by atomic mass is 16.3. The fourth-order valence-electron chi connectivity index (χ4n) is 3.49. The third kappa shape index (κ3) is 1.31. The van der Waals surface area contributed by atoms with Crippen LogP contribution in [0, 0.1) is 11.8 Å². The van der Waals surface area contributed by atoms with Gasteiger partial charge in [0.05, 0.1) is 5.69 Å². The van der Waals surface area contributed by atoms with Crippen molar-refractivity contribution in [2.75, 3.05) is 5.73 Å². The van der Waals surface area contributed by atoms with Crippen molar-refractivity contribution in [2.24, 2.45) is 11.8 Å². The molecule has 88 valence electrons. The van der Waals surface area contributed by atoms with Crippen molar-refractivity contribution in [3.8, 4) is 0 Å². The second-order valence-corrected chi connectivity index (χ2v) is 5.38. The summed E-state index contributed by atoms with van der Waals surface area (Å²) in [4.78, 5) is 4.61. The Morgan fingerprint density at radius 3 is 2.65 bits per heavy atom. The maximum atomic E-state index is 5.91. The highest BCUT2D eigenvalue weighted by molar-refractivity contribution is 5.85. The maximum absolute atomic E-state index is 5.91. The summed E-state index contributed by atoms with van der Waals surface area (Å²) >= 11 is 0. The predicted octanol–water partition coefficient (Wildman–Crippen LogP) is 3.31. The number of nitrogens with zero attached hydrogens (tertiary/aromatic N) is 1. The zero-order valence-electron chi connectivity index (χ0n) is 9.73. The number of hydrogen-bond donors (Lipinski definition) is 1. The van der Waals surface area contributed by atoms with Gasteiger partial charge in [-0.1, -0.05) is 18.9 Å². The van der Waals surface area contributed by atoms with Gasteiger partial charge in [-0.2, -0.15) is 0 Å². The van der Waals surface area contributed by atoms with Gasteiger partial charge >= 0.3 is 0 Å². The topological polar surface area (TPSA) is 52.0 Å². The first-order valence-electron chi connectivity index (χ1n) is 6.49. The molecule has 1 aromatic heterocycles. The van der Waals surface area contributed by atoms with E-state index in [1.54, 1.807) is 0 Å². The number of benzene rings is 1. The molecule has 0 aliphatic heterocycles. The molecular weight excluding hydrogens is 212 g/mol. The van der Waals surface area contributed by atoms with Gasteiger partial charge in [-0.25, -0.2) is 4.98 Å². The molecule has 2 fully saturated rings. The molecule has 0 spiro atoms. The Hall–Kier alpha value is -1.51. The molecule has 2 aliphatic carbocycles. The van der Waals surface area contributed by atoms with Gasteiger partial charge in [0, 0.05) is 5.92 Å². The van der Waals surface area contributed by atoms with E-state index in [9.17, 15) is 0 Å². The van der Waals surface area contributed by atoms with Gasteiger partial charge in [0.15, 0.2) is 11.5 Å². The molecule has 3 heteroatoms. The molecule has 0 amide bonds. The molecule has 2 aliphatic rings. The monoisotopic (exact) mass is 228 g/mol. The number of oxazole rings is 1. The first-order chi connectivity index (χ1) is 8.34. The maximum Gasteiger partial charge on any atom is 0.199 e. The molecule has 17 heavy (non-hydrogen) atoms. The van der Waals surface area contributed by atoms with Crippen molar-refractivity contribution < 1.29 is 4.42 Å². The lowest BCUT2D eigenvalue weighted by molar-refractivity contribution is 0.480. The standard InChI is InChI=1S/C14H16N2O/c15-10-6-3-7-11-13(10)16-14(17-11)12-8-4-1-2-5-9(8)12/h3,6-9,12H,1-2,4-5,15H2. The van der Waals surface area contributed by atoms with Crippen molar-refractivity contribution in [1.29, 1.82) is 0 Å². The van der Waals surface area contributed by atoms with E-state index in [0.717, 1.165) is 34.5 Å². The first kappa shape index (κ1) is 9.51. The predicted molar refractivity (Wildman–Crippen MR) is 66.6 cm³/mol. The van der Waals surface area contributed by atoms with E-state index in [-0.39, 0.29) is 0 Å². The van der Waals surface area contributed by atoms with Gasteiger partial charge in [0.2, 0.25) is 0 Å². The fourth-order valence-corrected chi connectivity index (χ4v) is 3.49. The number of hydrogen-bond acceptors (Lipinski definition) is 3. The first-order valence-corrected chi connectivity index (χ1v) is 6.49. The molecule has 2 N–H and O–H groups in total. The molecule has 2 unspecified atom stereocenters. The Morgan fingerprint density at radius 1 is 1.18 bits per heavy atom. The average Bonchev–Trinajstić information content (AvgIpc) is 2.91. The van der Waals surface area contributed by atoms with Crippen LogP contribution in [0.15, 0.2) is 22.6 Å². The SMILES string of the molecule is Nc1cccc2oc(C3C4CCCCC43)nc12. The Balaban J connectivity index is 1.75. The highest BCUT2D eigenvalue weighted by Crippen LogP contribution is 2.61. The van der Waals surface area contributed by atoms with Crippen LogP contribution in [0.1, 0.15) is 37.5 Å². The van der Waals surface area contributed by atoms with Gasteiger partial charge in [0.1, 0.15) is 5.52 Å². The summed E-state index contributed by atoms with van der Waals surface area (Å²) in [5.74, 6) is 3.16. The minimum absolute atomic E-state index is 0.573. The molecule has 3 nitrogen and oxygen atoms in total. The highest BCUT2D eigenvalue weighted by Gasteiger charge is 2.54. The fraction of sp³-hybridized carbons (Fsp3) is 0.500. The minimum Gasteiger partial charge on any atom is -0.440 e. The quantitative estimate of drug-likeness (QED) is 0.762. The molecular formula is C14H16N2O. The number of para-hydroxylation sites is 1. The zero-order chi connectivity index (χ0) is 11.4. The summed E-state index contributed by atoms with van der Waals surface area (Å²) in [7, 11) is 0. The summed E-state index contributed by atoms with van der Waals surface area (Å²) < 4.78 is 5.87. The Morgan fingerprint density at radius 2 is 1.94 bits per heavy atom. The van der Waals surface area contributed by atoms with Crippen LogP contribution in [0.4, 0.5) is 5.69 Å². The number of anilines is 1. The molecule has 0 saturated heterocycles. The smallest absolute Gasteiger partial charge is 0.199 e. The number of nitrogens with two attached hydrogens (primary N) is 1. The van der Waals surface area contributed by atoms with Crippen LogP contribution in [-0.2, 0) is 0 Å². The second-order valence-electron chi connectivity index (χ2n) is 5.38. The molecule has 1 heterocycles. The number of fused-ring (bicyclic) bond motifs is 2. The Kier molecular flexibility index (Phi) is 1.82. The third-order valence-electron chi connectivity index (χ3n) is 4.41. The van der Waals surface area contributed by atoms with Crippen LogP contribution < -0.4 is 5.73 Å². The number of rotatable bonds is 1. The molecule has 2 atom stereocenters. The summed E-state index contributed by atoms with van der Waals surface area (Å²) in [6, 6.07) is 5.76. The van der Waals surface area contributed by atoms with Crippen molar-refractivity contribution in [2.45, 2.75) is 31.6 Å². The summed E-state index contributed by atoms with van der Waals surface area (Å²) in [5, 5.41) is 0. The van der Waals surface area contributed by atoms with Crippen molar-refractivity contribution in [3.63, 3.8) is 0 Å². The van der Waals surface area contributed by atoms with Crippen LogP contribution >= 0.6 is 0 Å². The third-order valence-corrected chi connectivity index (χ3v) is 4.41. The molecule has 1 aromatic carbocycles. The van der Waals surface area contributed by atoms with Gasteiger partial charge in [-0.3, -0.25) is 0 Å². The van der Waals surface area contributed by atoms with Crippen LogP contribution in [0.25, 0.3) is 11.1 Å². The summed E-state index contributed by atoms with van der Waals surface area (Å²) in [6.07, 6.45) is 5.45. The van der Waals surface area contributed by atoms with E-state index in [0.29, 0.717) is 5.92 Å². The molecule has 2 aromatic rings. The Labute approximate surface area is 100 Å². The lowest BCUT2D eigenvalue weighted by Crippen LogP contribution is -1.91. The van der Waals surface area contributed by atoms with Crippen LogP contribution in [0.2, 0.25) is 0 Å². The largest absolute Gasteiger partial charge is 0.440 e. The van der Waals surface area contributed by atoms with E-state index in [2.05, 4.69) is 4.98 Å². The molecule has 4 rings (SSSR count). The molecule has 0 bridgehead atoms. The molecule has 2 saturated carbocycles. The Bertz CT molecular complexity index is 563. The normalized spacial score (nSPS) is 31.4.